The van der Waals surface area contributed by atoms with Gasteiger partial charge in [0.25, 0.3) is 0 Å². The molecule has 0 spiro atoms. The molecule has 0 atom stereocenters. The standard InChI is InChI=1S/C14H20BrF3N2/c1-13(2,3)20-7-6-19-9-10-4-5-11(15)8-12(10)14(16,17)18/h4-5,8,19-20H,6-7,9H2,1-3H3. The first-order chi connectivity index (χ1) is 9.09. The minimum atomic E-state index is -4.33. The van der Waals surface area contributed by atoms with E-state index in [0.717, 1.165) is 6.07 Å². The van der Waals surface area contributed by atoms with Gasteiger partial charge in [0.2, 0.25) is 0 Å². The Morgan fingerprint density at radius 2 is 1.75 bits per heavy atom. The molecule has 6 heteroatoms. The molecule has 1 aromatic rings. The Labute approximate surface area is 126 Å². The van der Waals surface area contributed by atoms with Crippen LogP contribution in [0.3, 0.4) is 0 Å². The number of hydrogen-bond acceptors (Lipinski definition) is 2. The van der Waals surface area contributed by atoms with Gasteiger partial charge in [0.05, 0.1) is 5.56 Å². The third-order valence-electron chi connectivity index (χ3n) is 2.65. The van der Waals surface area contributed by atoms with Crippen LogP contribution in [0.1, 0.15) is 31.9 Å². The van der Waals surface area contributed by atoms with Crippen LogP contribution in [0.4, 0.5) is 13.2 Å². The van der Waals surface area contributed by atoms with E-state index in [0.29, 0.717) is 17.6 Å². The Morgan fingerprint density at radius 3 is 2.30 bits per heavy atom. The van der Waals surface area contributed by atoms with Gasteiger partial charge >= 0.3 is 6.18 Å². The predicted molar refractivity (Wildman–Crippen MR) is 78.6 cm³/mol. The zero-order valence-corrected chi connectivity index (χ0v) is 13.5. The van der Waals surface area contributed by atoms with Crippen LogP contribution in [-0.2, 0) is 12.7 Å². The summed E-state index contributed by atoms with van der Waals surface area (Å²) in [5.74, 6) is 0. The van der Waals surface area contributed by atoms with Crippen LogP contribution in [-0.4, -0.2) is 18.6 Å². The van der Waals surface area contributed by atoms with Gasteiger partial charge in [-0.15, -0.1) is 0 Å². The molecule has 2 nitrogen and oxygen atoms in total. The first kappa shape index (κ1) is 17.5. The molecule has 0 aliphatic rings. The van der Waals surface area contributed by atoms with Gasteiger partial charge < -0.3 is 10.6 Å². The molecule has 0 saturated carbocycles. The molecule has 0 aromatic heterocycles. The summed E-state index contributed by atoms with van der Waals surface area (Å²) in [6.45, 7) is 7.66. The Kier molecular flexibility index (Phi) is 6.04. The molecule has 0 aliphatic heterocycles. The number of nitrogens with one attached hydrogen (secondary N) is 2. The van der Waals surface area contributed by atoms with Gasteiger partial charge in [0, 0.05) is 29.6 Å². The second-order valence-electron chi connectivity index (χ2n) is 5.65. The van der Waals surface area contributed by atoms with Gasteiger partial charge in [-0.3, -0.25) is 0 Å². The molecule has 0 bridgehead atoms. The lowest BCUT2D eigenvalue weighted by Crippen LogP contribution is -2.40. The van der Waals surface area contributed by atoms with E-state index < -0.39 is 11.7 Å². The maximum absolute atomic E-state index is 12.9. The summed E-state index contributed by atoms with van der Waals surface area (Å²) in [5.41, 5.74) is -0.323. The van der Waals surface area contributed by atoms with Crippen LogP contribution in [0, 0.1) is 0 Å². The van der Waals surface area contributed by atoms with Crippen molar-refractivity contribution in [3.8, 4) is 0 Å². The second-order valence-corrected chi connectivity index (χ2v) is 6.57. The van der Waals surface area contributed by atoms with E-state index in [2.05, 4.69) is 26.6 Å². The highest BCUT2D eigenvalue weighted by Gasteiger charge is 2.33. The maximum Gasteiger partial charge on any atom is 0.416 e. The third-order valence-corrected chi connectivity index (χ3v) is 3.14. The van der Waals surface area contributed by atoms with Gasteiger partial charge in [0.1, 0.15) is 0 Å². The van der Waals surface area contributed by atoms with Crippen molar-refractivity contribution in [3.63, 3.8) is 0 Å². The van der Waals surface area contributed by atoms with Crippen molar-refractivity contribution in [1.29, 1.82) is 0 Å². The topological polar surface area (TPSA) is 24.1 Å². The highest BCUT2D eigenvalue weighted by Crippen LogP contribution is 2.33. The van der Waals surface area contributed by atoms with Crippen molar-refractivity contribution in [3.05, 3.63) is 33.8 Å². The van der Waals surface area contributed by atoms with Crippen molar-refractivity contribution in [1.82, 2.24) is 10.6 Å². The van der Waals surface area contributed by atoms with Crippen molar-refractivity contribution in [2.75, 3.05) is 13.1 Å². The average molecular weight is 353 g/mol. The lowest BCUT2D eigenvalue weighted by molar-refractivity contribution is -0.138. The molecule has 114 valence electrons. The van der Waals surface area contributed by atoms with Gasteiger partial charge in [0.15, 0.2) is 0 Å². The number of halogens is 4. The van der Waals surface area contributed by atoms with E-state index in [4.69, 9.17) is 0 Å². The van der Waals surface area contributed by atoms with Crippen LogP contribution < -0.4 is 10.6 Å². The largest absolute Gasteiger partial charge is 0.416 e. The fourth-order valence-corrected chi connectivity index (χ4v) is 2.08. The summed E-state index contributed by atoms with van der Waals surface area (Å²) >= 11 is 3.07. The number of hydrogen-bond donors (Lipinski definition) is 2. The monoisotopic (exact) mass is 352 g/mol. The molecule has 1 rings (SSSR count). The van der Waals surface area contributed by atoms with Crippen LogP contribution in [0.15, 0.2) is 22.7 Å². The SMILES string of the molecule is CC(C)(C)NCCNCc1ccc(Br)cc1C(F)(F)F. The Morgan fingerprint density at radius 1 is 1.10 bits per heavy atom. The van der Waals surface area contributed by atoms with Crippen LogP contribution in [0.2, 0.25) is 0 Å². The second kappa shape index (κ2) is 6.91. The lowest BCUT2D eigenvalue weighted by Gasteiger charge is -2.20. The van der Waals surface area contributed by atoms with Gasteiger partial charge in [-0.05, 0) is 38.5 Å². The summed E-state index contributed by atoms with van der Waals surface area (Å²) in [6.07, 6.45) is -4.33. The Balaban J connectivity index is 2.56. The van der Waals surface area contributed by atoms with Gasteiger partial charge in [-0.25, -0.2) is 0 Å². The molecule has 0 aliphatic carbocycles. The minimum Gasteiger partial charge on any atom is -0.311 e. The van der Waals surface area contributed by atoms with Crippen LogP contribution in [0.25, 0.3) is 0 Å². The normalized spacial score (nSPS) is 12.8. The van der Waals surface area contributed by atoms with Crippen molar-refractivity contribution < 1.29 is 13.2 Å². The van der Waals surface area contributed by atoms with E-state index in [1.54, 1.807) is 6.07 Å². The predicted octanol–water partition coefficient (Wildman–Crippen LogP) is 3.95. The smallest absolute Gasteiger partial charge is 0.311 e. The molecule has 0 unspecified atom stereocenters. The summed E-state index contributed by atoms with van der Waals surface area (Å²) in [5, 5.41) is 6.30. The van der Waals surface area contributed by atoms with E-state index in [1.165, 1.54) is 6.07 Å². The first-order valence-corrected chi connectivity index (χ1v) is 7.20. The number of alkyl halides is 3. The molecule has 0 saturated heterocycles. The Hall–Kier alpha value is -0.590. The van der Waals surface area contributed by atoms with E-state index in [-0.39, 0.29) is 17.6 Å². The molecular formula is C14H20BrF3N2. The van der Waals surface area contributed by atoms with E-state index in [1.807, 2.05) is 20.8 Å². The fraction of sp³-hybridized carbons (Fsp3) is 0.571. The van der Waals surface area contributed by atoms with Crippen molar-refractivity contribution in [2.24, 2.45) is 0 Å². The molecule has 20 heavy (non-hydrogen) atoms. The number of benzene rings is 1. The summed E-state index contributed by atoms with van der Waals surface area (Å²) < 4.78 is 39.1. The molecule has 2 N–H and O–H groups in total. The molecule has 0 fully saturated rings. The summed E-state index contributed by atoms with van der Waals surface area (Å²) in [7, 11) is 0. The van der Waals surface area contributed by atoms with E-state index >= 15 is 0 Å². The molecule has 0 radical (unpaired) electrons. The zero-order valence-electron chi connectivity index (χ0n) is 11.9. The third kappa shape index (κ3) is 6.24. The van der Waals surface area contributed by atoms with Crippen LogP contribution in [0.5, 0.6) is 0 Å². The van der Waals surface area contributed by atoms with Crippen molar-refractivity contribution in [2.45, 2.75) is 39.0 Å². The highest BCUT2D eigenvalue weighted by molar-refractivity contribution is 9.10. The Bertz CT molecular complexity index is 439. The quantitative estimate of drug-likeness (QED) is 0.784. The maximum atomic E-state index is 12.9. The van der Waals surface area contributed by atoms with Gasteiger partial charge in [-0.1, -0.05) is 22.0 Å². The highest BCUT2D eigenvalue weighted by atomic mass is 79.9. The lowest BCUT2D eigenvalue weighted by atomic mass is 10.1. The molecule has 0 amide bonds. The summed E-state index contributed by atoms with van der Waals surface area (Å²) in [4.78, 5) is 0. The van der Waals surface area contributed by atoms with Gasteiger partial charge in [-0.2, -0.15) is 13.2 Å². The summed E-state index contributed by atoms with van der Waals surface area (Å²) in [6, 6.07) is 4.24. The molecular weight excluding hydrogens is 333 g/mol. The average Bonchev–Trinajstić information content (AvgIpc) is 2.27. The number of rotatable bonds is 5. The minimum absolute atomic E-state index is 0.0103. The molecule has 0 heterocycles. The first-order valence-electron chi connectivity index (χ1n) is 6.41. The van der Waals surface area contributed by atoms with Crippen LogP contribution >= 0.6 is 15.9 Å². The van der Waals surface area contributed by atoms with E-state index in [9.17, 15) is 13.2 Å². The fourth-order valence-electron chi connectivity index (χ4n) is 1.72. The zero-order chi connectivity index (χ0) is 15.4. The van der Waals surface area contributed by atoms with Crippen molar-refractivity contribution >= 4 is 15.9 Å². The molecule has 1 aromatic carbocycles.